The van der Waals surface area contributed by atoms with Crippen molar-refractivity contribution in [3.63, 3.8) is 0 Å². The number of hydrogen-bond donors (Lipinski definition) is 0. The molecule has 0 unspecified atom stereocenters. The van der Waals surface area contributed by atoms with Crippen molar-refractivity contribution in [2.75, 3.05) is 20.2 Å². The van der Waals surface area contributed by atoms with Crippen LogP contribution in [-0.2, 0) is 16.1 Å². The van der Waals surface area contributed by atoms with Crippen LogP contribution < -0.4 is 4.74 Å². The molecule has 1 aromatic rings. The summed E-state index contributed by atoms with van der Waals surface area (Å²) in [5, 5.41) is 1.81. The fourth-order valence-electron chi connectivity index (χ4n) is 2.65. The average molecular weight is 384 g/mol. The van der Waals surface area contributed by atoms with Gasteiger partial charge in [-0.15, -0.1) is 5.06 Å². The number of halogens is 1. The van der Waals surface area contributed by atoms with Gasteiger partial charge in [-0.25, -0.2) is 4.79 Å². The van der Waals surface area contributed by atoms with E-state index in [-0.39, 0.29) is 5.97 Å². The summed E-state index contributed by atoms with van der Waals surface area (Å²) in [5.74, 6) is 1.33. The van der Waals surface area contributed by atoms with Crippen LogP contribution in [0.15, 0.2) is 22.7 Å². The number of carbonyl (C=O) groups is 1. The second kappa shape index (κ2) is 7.67. The second-order valence-electron chi connectivity index (χ2n) is 7.20. The van der Waals surface area contributed by atoms with Gasteiger partial charge in [0.2, 0.25) is 0 Å². The Morgan fingerprint density at radius 3 is 2.48 bits per heavy atom. The van der Waals surface area contributed by atoms with Crippen molar-refractivity contribution in [2.45, 2.75) is 40.0 Å². The summed E-state index contributed by atoms with van der Waals surface area (Å²) in [6, 6.07) is 6.21. The summed E-state index contributed by atoms with van der Waals surface area (Å²) >= 11 is 3.53. The highest BCUT2D eigenvalue weighted by atomic mass is 79.9. The highest BCUT2D eigenvalue weighted by molar-refractivity contribution is 9.10. The van der Waals surface area contributed by atoms with E-state index in [4.69, 9.17) is 9.57 Å². The van der Waals surface area contributed by atoms with Crippen LogP contribution in [0.2, 0.25) is 0 Å². The molecule has 0 N–H and O–H groups in total. The Bertz CT molecular complexity index is 546. The van der Waals surface area contributed by atoms with Gasteiger partial charge in [-0.1, -0.05) is 15.9 Å². The van der Waals surface area contributed by atoms with Crippen LogP contribution in [0.5, 0.6) is 5.75 Å². The number of piperidine rings is 1. The Morgan fingerprint density at radius 2 is 1.91 bits per heavy atom. The number of rotatable bonds is 4. The second-order valence-corrected chi connectivity index (χ2v) is 8.12. The zero-order chi connectivity index (χ0) is 17.0. The minimum atomic E-state index is -0.455. The smallest absolute Gasteiger partial charge is 0.330 e. The summed E-state index contributed by atoms with van der Waals surface area (Å²) < 4.78 is 6.37. The first kappa shape index (κ1) is 18.3. The number of hydroxylamine groups is 2. The molecule has 0 spiro atoms. The average Bonchev–Trinajstić information content (AvgIpc) is 2.47. The first-order valence-electron chi connectivity index (χ1n) is 8.08. The molecule has 1 fully saturated rings. The van der Waals surface area contributed by atoms with E-state index in [1.165, 1.54) is 5.56 Å². The molecule has 1 heterocycles. The zero-order valence-electron chi connectivity index (χ0n) is 14.4. The highest BCUT2D eigenvalue weighted by Crippen LogP contribution is 2.27. The molecule has 0 atom stereocenters. The Hall–Kier alpha value is -1.07. The molecule has 0 saturated carbocycles. The number of benzene rings is 1. The predicted octanol–water partition coefficient (Wildman–Crippen LogP) is 4.22. The Labute approximate surface area is 147 Å². The zero-order valence-corrected chi connectivity index (χ0v) is 16.0. The Morgan fingerprint density at radius 1 is 1.26 bits per heavy atom. The van der Waals surface area contributed by atoms with Gasteiger partial charge in [0.1, 0.15) is 5.75 Å². The van der Waals surface area contributed by atoms with Gasteiger partial charge in [-0.3, -0.25) is 0 Å². The lowest BCUT2D eigenvalue weighted by atomic mass is 9.91. The third-order valence-electron chi connectivity index (χ3n) is 4.09. The van der Waals surface area contributed by atoms with Gasteiger partial charge in [0.25, 0.3) is 0 Å². The molecule has 23 heavy (non-hydrogen) atoms. The fourth-order valence-corrected chi connectivity index (χ4v) is 3.17. The number of carbonyl (C=O) groups excluding carboxylic acids is 1. The highest BCUT2D eigenvalue weighted by Gasteiger charge is 2.28. The predicted molar refractivity (Wildman–Crippen MR) is 94.2 cm³/mol. The van der Waals surface area contributed by atoms with Gasteiger partial charge < -0.3 is 9.57 Å². The van der Waals surface area contributed by atoms with Crippen LogP contribution in [0.1, 0.15) is 39.2 Å². The first-order chi connectivity index (χ1) is 10.8. The minimum absolute atomic E-state index is 0.160. The summed E-state index contributed by atoms with van der Waals surface area (Å²) in [7, 11) is 1.69. The normalized spacial score (nSPS) is 17.1. The molecule has 128 valence electrons. The molecule has 1 aliphatic rings. The van der Waals surface area contributed by atoms with Gasteiger partial charge in [0.05, 0.1) is 12.5 Å². The molecule has 2 rings (SSSR count). The van der Waals surface area contributed by atoms with Crippen LogP contribution in [-0.4, -0.2) is 31.2 Å². The minimum Gasteiger partial charge on any atom is -0.497 e. The van der Waals surface area contributed by atoms with E-state index in [0.29, 0.717) is 5.92 Å². The molecule has 1 aliphatic heterocycles. The van der Waals surface area contributed by atoms with Crippen molar-refractivity contribution in [1.82, 2.24) is 5.06 Å². The maximum atomic E-state index is 11.9. The lowest BCUT2D eigenvalue weighted by Crippen LogP contribution is -2.39. The van der Waals surface area contributed by atoms with Crippen LogP contribution >= 0.6 is 15.9 Å². The molecule has 0 bridgehead atoms. The standard InChI is InChI=1S/C18H26BrNO3/c1-18(2,3)17(21)23-20-7-5-13(6-8-20)9-14-10-15(19)12-16(11-14)22-4/h10-13H,5-9H2,1-4H3. The molecular weight excluding hydrogens is 358 g/mol. The topological polar surface area (TPSA) is 38.8 Å². The van der Waals surface area contributed by atoms with E-state index >= 15 is 0 Å². The van der Waals surface area contributed by atoms with Crippen LogP contribution in [0.3, 0.4) is 0 Å². The van der Waals surface area contributed by atoms with Crippen molar-refractivity contribution >= 4 is 21.9 Å². The van der Waals surface area contributed by atoms with Crippen molar-refractivity contribution in [3.8, 4) is 5.75 Å². The van der Waals surface area contributed by atoms with E-state index in [9.17, 15) is 4.79 Å². The number of nitrogens with zero attached hydrogens (tertiary/aromatic N) is 1. The first-order valence-corrected chi connectivity index (χ1v) is 8.88. The molecule has 1 saturated heterocycles. The molecule has 0 aromatic heterocycles. The van der Waals surface area contributed by atoms with Crippen molar-refractivity contribution in [3.05, 3.63) is 28.2 Å². The van der Waals surface area contributed by atoms with Gasteiger partial charge in [-0.05, 0) is 69.7 Å². The summed E-state index contributed by atoms with van der Waals surface area (Å²) in [5.41, 5.74) is 0.824. The summed E-state index contributed by atoms with van der Waals surface area (Å²) in [4.78, 5) is 17.4. The third-order valence-corrected chi connectivity index (χ3v) is 4.55. The van der Waals surface area contributed by atoms with Gasteiger partial charge >= 0.3 is 5.97 Å². The van der Waals surface area contributed by atoms with Crippen molar-refractivity contribution in [2.24, 2.45) is 11.3 Å². The van der Waals surface area contributed by atoms with Crippen molar-refractivity contribution < 1.29 is 14.4 Å². The molecular formula is C18H26BrNO3. The lowest BCUT2D eigenvalue weighted by molar-refractivity contribution is -0.206. The Balaban J connectivity index is 1.85. The molecule has 5 heteroatoms. The van der Waals surface area contributed by atoms with Gasteiger partial charge in [0, 0.05) is 17.6 Å². The molecule has 0 amide bonds. The lowest BCUT2D eigenvalue weighted by Gasteiger charge is -2.32. The molecule has 0 radical (unpaired) electrons. The van der Waals surface area contributed by atoms with E-state index in [0.717, 1.165) is 42.6 Å². The molecule has 1 aromatic carbocycles. The molecule has 0 aliphatic carbocycles. The van der Waals surface area contributed by atoms with Crippen LogP contribution in [0.4, 0.5) is 0 Å². The fraction of sp³-hybridized carbons (Fsp3) is 0.611. The Kier molecular flexibility index (Phi) is 6.09. The number of ether oxygens (including phenoxy) is 1. The maximum absolute atomic E-state index is 11.9. The number of methoxy groups -OCH3 is 1. The van der Waals surface area contributed by atoms with Crippen molar-refractivity contribution in [1.29, 1.82) is 0 Å². The van der Waals surface area contributed by atoms with Crippen LogP contribution in [0, 0.1) is 11.3 Å². The maximum Gasteiger partial charge on any atom is 0.330 e. The summed E-state index contributed by atoms with van der Waals surface area (Å²) in [6.07, 6.45) is 3.09. The SMILES string of the molecule is COc1cc(Br)cc(CC2CCN(OC(=O)C(C)(C)C)CC2)c1. The van der Waals surface area contributed by atoms with E-state index in [1.807, 2.05) is 31.9 Å². The third kappa shape index (κ3) is 5.50. The monoisotopic (exact) mass is 383 g/mol. The van der Waals surface area contributed by atoms with E-state index in [1.54, 1.807) is 7.11 Å². The quantitative estimate of drug-likeness (QED) is 0.779. The van der Waals surface area contributed by atoms with Gasteiger partial charge in [-0.2, -0.15) is 0 Å². The van der Waals surface area contributed by atoms with E-state index in [2.05, 4.69) is 28.1 Å². The summed E-state index contributed by atoms with van der Waals surface area (Å²) in [6.45, 7) is 7.24. The van der Waals surface area contributed by atoms with Gasteiger partial charge in [0.15, 0.2) is 0 Å². The van der Waals surface area contributed by atoms with Crippen LogP contribution in [0.25, 0.3) is 0 Å². The molecule has 4 nitrogen and oxygen atoms in total. The number of hydrogen-bond acceptors (Lipinski definition) is 4. The largest absolute Gasteiger partial charge is 0.497 e. The van der Waals surface area contributed by atoms with E-state index < -0.39 is 5.41 Å².